The van der Waals surface area contributed by atoms with Crippen LogP contribution in [0.5, 0.6) is 5.75 Å². The van der Waals surface area contributed by atoms with Crippen LogP contribution in [0, 0.1) is 11.3 Å². The summed E-state index contributed by atoms with van der Waals surface area (Å²) in [4.78, 5) is 37.4. The summed E-state index contributed by atoms with van der Waals surface area (Å²) >= 11 is 0. The van der Waals surface area contributed by atoms with Gasteiger partial charge in [-0.3, -0.25) is 14.4 Å². The Bertz CT molecular complexity index is 804. The van der Waals surface area contributed by atoms with Crippen molar-refractivity contribution in [3.63, 3.8) is 0 Å². The number of carboxylic acids is 1. The predicted octanol–water partition coefficient (Wildman–Crippen LogP) is 4.10. The van der Waals surface area contributed by atoms with Gasteiger partial charge in [0.05, 0.1) is 50.7 Å². The van der Waals surface area contributed by atoms with Crippen LogP contribution in [0.2, 0.25) is 0 Å². The number of carbonyl (C=O) groups excluding carboxylic acids is 2. The first-order valence-corrected chi connectivity index (χ1v) is 12.2. The van der Waals surface area contributed by atoms with E-state index in [1.807, 2.05) is 31.2 Å². The second-order valence-electron chi connectivity index (χ2n) is 9.06. The quantitative estimate of drug-likeness (QED) is 0.366. The van der Waals surface area contributed by atoms with Crippen molar-refractivity contribution in [3.05, 3.63) is 29.8 Å². The number of carboxylic acid groups (broad SMARTS) is 1. The Balaban J connectivity index is 2.06. The molecule has 0 radical (unpaired) electrons. The lowest BCUT2D eigenvalue weighted by Crippen LogP contribution is -2.48. The molecule has 2 rings (SSSR count). The molecule has 1 aromatic carbocycles. The van der Waals surface area contributed by atoms with Crippen molar-refractivity contribution in [3.8, 4) is 5.75 Å². The van der Waals surface area contributed by atoms with Gasteiger partial charge < -0.3 is 24.6 Å². The predicted molar refractivity (Wildman–Crippen MR) is 127 cm³/mol. The third-order valence-electron chi connectivity index (χ3n) is 6.41. The largest absolute Gasteiger partial charge is 0.497 e. The first-order valence-electron chi connectivity index (χ1n) is 12.2. The Hall–Kier alpha value is -2.61. The van der Waals surface area contributed by atoms with Crippen molar-refractivity contribution in [2.24, 2.45) is 11.3 Å². The smallest absolute Gasteiger partial charge is 0.308 e. The molecule has 2 atom stereocenters. The van der Waals surface area contributed by atoms with Crippen LogP contribution >= 0.6 is 0 Å². The van der Waals surface area contributed by atoms with E-state index in [1.165, 1.54) is 0 Å². The lowest BCUT2D eigenvalue weighted by molar-refractivity contribution is -0.150. The number of carbonyl (C=O) groups is 3. The second-order valence-corrected chi connectivity index (χ2v) is 9.06. The molecule has 1 saturated carbocycles. The number of amides is 1. The van der Waals surface area contributed by atoms with E-state index in [-0.39, 0.29) is 37.4 Å². The van der Waals surface area contributed by atoms with E-state index in [4.69, 9.17) is 14.2 Å². The molecule has 1 aromatic rings. The Morgan fingerprint density at radius 1 is 1.18 bits per heavy atom. The molecule has 1 aliphatic carbocycles. The van der Waals surface area contributed by atoms with Crippen molar-refractivity contribution in [1.29, 1.82) is 0 Å². The minimum Gasteiger partial charge on any atom is -0.497 e. The fraction of sp³-hybridized carbons (Fsp3) is 0.654. The molecule has 0 bridgehead atoms. The standard InChI is InChI=1S/C26H39NO7/c1-4-9-20(24(30)34-5-2)16-26(12-6-7-13-26)25(31)27-21(15-23(28)29)18-33-17-19-10-8-11-22(14-19)32-3/h8,10-11,14,20-21H,4-7,9,12-13,15-18H2,1-3H3,(H,27,31)(H,28,29). The van der Waals surface area contributed by atoms with Crippen molar-refractivity contribution < 1.29 is 33.7 Å². The van der Waals surface area contributed by atoms with E-state index >= 15 is 0 Å². The lowest BCUT2D eigenvalue weighted by atomic mass is 9.75. The molecule has 1 aliphatic rings. The lowest BCUT2D eigenvalue weighted by Gasteiger charge is -2.32. The highest BCUT2D eigenvalue weighted by Crippen LogP contribution is 2.44. The summed E-state index contributed by atoms with van der Waals surface area (Å²) in [5.41, 5.74) is 0.208. The second kappa shape index (κ2) is 13.9. The molecule has 1 amide bonds. The molecule has 8 heteroatoms. The van der Waals surface area contributed by atoms with Crippen LogP contribution < -0.4 is 10.1 Å². The van der Waals surface area contributed by atoms with E-state index in [2.05, 4.69) is 5.32 Å². The minimum atomic E-state index is -1.01. The van der Waals surface area contributed by atoms with Gasteiger partial charge in [0.25, 0.3) is 0 Å². The molecule has 0 aromatic heterocycles. The molecular formula is C26H39NO7. The van der Waals surface area contributed by atoms with Crippen LogP contribution in [0.25, 0.3) is 0 Å². The highest BCUT2D eigenvalue weighted by molar-refractivity contribution is 5.85. The highest BCUT2D eigenvalue weighted by atomic mass is 16.5. The van der Waals surface area contributed by atoms with Crippen molar-refractivity contribution in [2.45, 2.75) is 77.9 Å². The average molecular weight is 478 g/mol. The van der Waals surface area contributed by atoms with Crippen LogP contribution in [-0.2, 0) is 30.5 Å². The van der Waals surface area contributed by atoms with Gasteiger partial charge in [0.15, 0.2) is 0 Å². The minimum absolute atomic E-state index is 0.0710. The molecule has 0 saturated heterocycles. The summed E-state index contributed by atoms with van der Waals surface area (Å²) in [5.74, 6) is -1.08. The fourth-order valence-corrected chi connectivity index (χ4v) is 4.74. The number of rotatable bonds is 15. The van der Waals surface area contributed by atoms with E-state index < -0.39 is 17.4 Å². The average Bonchev–Trinajstić information content (AvgIpc) is 3.28. The molecule has 0 aliphatic heterocycles. The number of aliphatic carboxylic acids is 1. The number of esters is 1. The van der Waals surface area contributed by atoms with Gasteiger partial charge in [-0.25, -0.2) is 0 Å². The molecule has 0 spiro atoms. The van der Waals surface area contributed by atoms with Gasteiger partial charge in [0.1, 0.15) is 5.75 Å². The maximum Gasteiger partial charge on any atom is 0.308 e. The summed E-state index contributed by atoms with van der Waals surface area (Å²) in [6.45, 7) is 4.44. The van der Waals surface area contributed by atoms with Crippen LogP contribution in [-0.4, -0.2) is 49.3 Å². The van der Waals surface area contributed by atoms with Crippen LogP contribution in [0.3, 0.4) is 0 Å². The third kappa shape index (κ3) is 8.31. The molecule has 34 heavy (non-hydrogen) atoms. The summed E-state index contributed by atoms with van der Waals surface area (Å²) in [7, 11) is 1.59. The van der Waals surface area contributed by atoms with Crippen molar-refractivity contribution in [1.82, 2.24) is 5.32 Å². The van der Waals surface area contributed by atoms with Gasteiger partial charge in [0, 0.05) is 0 Å². The Morgan fingerprint density at radius 3 is 2.53 bits per heavy atom. The maximum absolute atomic E-state index is 13.5. The molecule has 190 valence electrons. The topological polar surface area (TPSA) is 111 Å². The molecular weight excluding hydrogens is 438 g/mol. The zero-order valence-electron chi connectivity index (χ0n) is 20.6. The van der Waals surface area contributed by atoms with Gasteiger partial charge in [-0.2, -0.15) is 0 Å². The normalized spacial score (nSPS) is 16.4. The number of methoxy groups -OCH3 is 1. The van der Waals surface area contributed by atoms with Gasteiger partial charge in [0.2, 0.25) is 5.91 Å². The van der Waals surface area contributed by atoms with Crippen molar-refractivity contribution in [2.75, 3.05) is 20.3 Å². The fourth-order valence-electron chi connectivity index (χ4n) is 4.74. The van der Waals surface area contributed by atoms with Gasteiger partial charge in [-0.05, 0) is 50.3 Å². The highest BCUT2D eigenvalue weighted by Gasteiger charge is 2.44. The molecule has 0 heterocycles. The van der Waals surface area contributed by atoms with E-state index in [0.717, 1.165) is 24.8 Å². The monoisotopic (exact) mass is 477 g/mol. The summed E-state index contributed by atoms with van der Waals surface area (Å²) in [6, 6.07) is 6.76. The van der Waals surface area contributed by atoms with Crippen LogP contribution in [0.4, 0.5) is 0 Å². The van der Waals surface area contributed by atoms with E-state index in [1.54, 1.807) is 14.0 Å². The van der Waals surface area contributed by atoms with Gasteiger partial charge in [-0.15, -0.1) is 0 Å². The number of hydrogen-bond donors (Lipinski definition) is 2. The molecule has 1 fully saturated rings. The maximum atomic E-state index is 13.5. The van der Waals surface area contributed by atoms with E-state index in [0.29, 0.717) is 38.0 Å². The number of hydrogen-bond acceptors (Lipinski definition) is 6. The Morgan fingerprint density at radius 2 is 1.91 bits per heavy atom. The third-order valence-corrected chi connectivity index (χ3v) is 6.41. The SMILES string of the molecule is CCCC(CC1(C(=O)NC(COCc2cccc(OC)c2)CC(=O)O)CCCC1)C(=O)OCC. The van der Waals surface area contributed by atoms with Crippen LogP contribution in [0.15, 0.2) is 24.3 Å². The van der Waals surface area contributed by atoms with Crippen molar-refractivity contribution >= 4 is 17.8 Å². The molecule has 2 unspecified atom stereocenters. The summed E-state index contributed by atoms with van der Waals surface area (Å²) in [6.07, 6.45) is 4.85. The zero-order valence-corrected chi connectivity index (χ0v) is 20.6. The molecule has 2 N–H and O–H groups in total. The Kier molecular flexibility index (Phi) is 11.3. The molecule has 8 nitrogen and oxygen atoms in total. The summed E-state index contributed by atoms with van der Waals surface area (Å²) in [5, 5.41) is 12.3. The van der Waals surface area contributed by atoms with Gasteiger partial charge >= 0.3 is 11.9 Å². The van der Waals surface area contributed by atoms with Gasteiger partial charge in [-0.1, -0.05) is 38.3 Å². The number of benzene rings is 1. The first kappa shape index (κ1) is 27.6. The summed E-state index contributed by atoms with van der Waals surface area (Å²) < 4.78 is 16.2. The zero-order chi connectivity index (χ0) is 25.0. The Labute approximate surface area is 202 Å². The number of nitrogens with one attached hydrogen (secondary N) is 1. The number of ether oxygens (including phenoxy) is 3. The van der Waals surface area contributed by atoms with Crippen LogP contribution in [0.1, 0.15) is 70.8 Å². The first-order chi connectivity index (χ1) is 16.3. The van der Waals surface area contributed by atoms with E-state index in [9.17, 15) is 19.5 Å².